The zero-order chi connectivity index (χ0) is 12.3. The lowest BCUT2D eigenvalue weighted by Gasteiger charge is -2.03. The Morgan fingerprint density at radius 3 is 2.35 bits per heavy atom. The third-order valence-electron chi connectivity index (χ3n) is 2.09. The van der Waals surface area contributed by atoms with Gasteiger partial charge in [0.2, 0.25) is 0 Å². The lowest BCUT2D eigenvalue weighted by Crippen LogP contribution is -1.85. The SMILES string of the molecule is FC(F)Sc1ccc(-c2cccc(Br)n2)cc1. The molecule has 0 atom stereocenters. The highest BCUT2D eigenvalue weighted by Crippen LogP contribution is 2.27. The van der Waals surface area contributed by atoms with E-state index in [1.165, 1.54) is 0 Å². The van der Waals surface area contributed by atoms with Gasteiger partial charge in [0.05, 0.1) is 5.69 Å². The predicted molar refractivity (Wildman–Crippen MR) is 69.2 cm³/mol. The third kappa shape index (κ3) is 3.51. The van der Waals surface area contributed by atoms with Crippen LogP contribution in [0.2, 0.25) is 0 Å². The summed E-state index contributed by atoms with van der Waals surface area (Å²) in [6.45, 7) is 0. The summed E-state index contributed by atoms with van der Waals surface area (Å²) in [5.41, 5.74) is 1.72. The van der Waals surface area contributed by atoms with Gasteiger partial charge in [-0.25, -0.2) is 4.98 Å². The summed E-state index contributed by atoms with van der Waals surface area (Å²) in [5.74, 6) is -2.38. The summed E-state index contributed by atoms with van der Waals surface area (Å²) in [5, 5.41) is 0. The van der Waals surface area contributed by atoms with E-state index in [4.69, 9.17) is 0 Å². The summed E-state index contributed by atoms with van der Waals surface area (Å²) in [6, 6.07) is 12.5. The quantitative estimate of drug-likeness (QED) is 0.594. The van der Waals surface area contributed by atoms with Crippen molar-refractivity contribution in [2.75, 3.05) is 0 Å². The van der Waals surface area contributed by atoms with Gasteiger partial charge >= 0.3 is 0 Å². The number of hydrogen-bond acceptors (Lipinski definition) is 2. The minimum Gasteiger partial charge on any atom is -0.241 e. The number of nitrogens with zero attached hydrogens (tertiary/aromatic N) is 1. The molecule has 0 aliphatic carbocycles. The lowest BCUT2D eigenvalue weighted by atomic mass is 10.1. The van der Waals surface area contributed by atoms with Crippen molar-refractivity contribution in [2.45, 2.75) is 10.7 Å². The second-order valence-electron chi connectivity index (χ2n) is 3.25. The second kappa shape index (κ2) is 5.60. The topological polar surface area (TPSA) is 12.9 Å². The lowest BCUT2D eigenvalue weighted by molar-refractivity contribution is 0.252. The molecule has 2 aromatic rings. The van der Waals surface area contributed by atoms with Crippen LogP contribution in [0.5, 0.6) is 0 Å². The molecule has 0 radical (unpaired) electrons. The molecule has 0 saturated heterocycles. The molecule has 1 nitrogen and oxygen atoms in total. The molecule has 1 aromatic heterocycles. The number of benzene rings is 1. The molecule has 1 heterocycles. The number of pyridine rings is 1. The molecule has 1 aromatic carbocycles. The Morgan fingerprint density at radius 1 is 1.06 bits per heavy atom. The first-order chi connectivity index (χ1) is 8.15. The maximum Gasteiger partial charge on any atom is 0.288 e. The van der Waals surface area contributed by atoms with Gasteiger partial charge in [-0.05, 0) is 40.2 Å². The highest BCUT2D eigenvalue weighted by Gasteiger charge is 2.05. The van der Waals surface area contributed by atoms with E-state index in [9.17, 15) is 8.78 Å². The fraction of sp³-hybridized carbons (Fsp3) is 0.0833. The maximum atomic E-state index is 12.1. The van der Waals surface area contributed by atoms with E-state index < -0.39 is 5.76 Å². The van der Waals surface area contributed by atoms with Crippen LogP contribution >= 0.6 is 27.7 Å². The zero-order valence-electron chi connectivity index (χ0n) is 8.61. The number of thioether (sulfide) groups is 1. The van der Waals surface area contributed by atoms with Crippen LogP contribution < -0.4 is 0 Å². The summed E-state index contributed by atoms with van der Waals surface area (Å²) in [6.07, 6.45) is 0. The summed E-state index contributed by atoms with van der Waals surface area (Å²) >= 11 is 3.83. The smallest absolute Gasteiger partial charge is 0.241 e. The fourth-order valence-corrected chi connectivity index (χ4v) is 2.22. The first kappa shape index (κ1) is 12.5. The maximum absolute atomic E-state index is 12.1. The molecule has 0 fully saturated rings. The van der Waals surface area contributed by atoms with E-state index >= 15 is 0 Å². The molecule has 17 heavy (non-hydrogen) atoms. The molecule has 0 bridgehead atoms. The summed E-state index contributed by atoms with van der Waals surface area (Å²) in [7, 11) is 0. The molecule has 0 N–H and O–H groups in total. The summed E-state index contributed by atoms with van der Waals surface area (Å²) in [4.78, 5) is 4.85. The van der Waals surface area contributed by atoms with E-state index in [-0.39, 0.29) is 0 Å². The van der Waals surface area contributed by atoms with Gasteiger partial charge in [-0.3, -0.25) is 0 Å². The molecule has 0 spiro atoms. The Bertz CT molecular complexity index is 502. The number of halogens is 3. The minimum absolute atomic E-state index is 0.542. The number of alkyl halides is 2. The second-order valence-corrected chi connectivity index (χ2v) is 5.12. The van der Waals surface area contributed by atoms with Crippen molar-refractivity contribution in [2.24, 2.45) is 0 Å². The summed E-state index contributed by atoms with van der Waals surface area (Å²) < 4.78 is 25.0. The molecule has 0 amide bonds. The van der Waals surface area contributed by atoms with Gasteiger partial charge in [0, 0.05) is 10.5 Å². The minimum atomic E-state index is -2.38. The zero-order valence-corrected chi connectivity index (χ0v) is 11.0. The first-order valence-corrected chi connectivity index (χ1v) is 6.50. The van der Waals surface area contributed by atoms with Crippen LogP contribution in [-0.2, 0) is 0 Å². The number of hydrogen-bond donors (Lipinski definition) is 0. The monoisotopic (exact) mass is 315 g/mol. The van der Waals surface area contributed by atoms with Crippen molar-refractivity contribution in [3.8, 4) is 11.3 Å². The van der Waals surface area contributed by atoms with E-state index in [0.29, 0.717) is 16.7 Å². The first-order valence-electron chi connectivity index (χ1n) is 4.83. The van der Waals surface area contributed by atoms with Gasteiger partial charge in [-0.1, -0.05) is 30.0 Å². The van der Waals surface area contributed by atoms with Crippen LogP contribution in [0.15, 0.2) is 52.0 Å². The Labute approximate surface area is 110 Å². The van der Waals surface area contributed by atoms with Crippen LogP contribution in [0.3, 0.4) is 0 Å². The molecule has 0 saturated carbocycles. The number of aromatic nitrogens is 1. The van der Waals surface area contributed by atoms with Crippen molar-refractivity contribution >= 4 is 27.7 Å². The molecule has 5 heteroatoms. The molecule has 2 rings (SSSR count). The van der Waals surface area contributed by atoms with Crippen molar-refractivity contribution in [1.82, 2.24) is 4.98 Å². The Kier molecular flexibility index (Phi) is 4.12. The van der Waals surface area contributed by atoms with Crippen LogP contribution in [0.1, 0.15) is 0 Å². The average Bonchev–Trinajstić information content (AvgIpc) is 2.29. The molecular weight excluding hydrogens is 308 g/mol. The highest BCUT2D eigenvalue weighted by atomic mass is 79.9. The average molecular weight is 316 g/mol. The Balaban J connectivity index is 2.23. The third-order valence-corrected chi connectivity index (χ3v) is 3.25. The predicted octanol–water partition coefficient (Wildman–Crippen LogP) is 4.83. The molecule has 88 valence electrons. The van der Waals surface area contributed by atoms with E-state index in [1.807, 2.05) is 18.2 Å². The fourth-order valence-electron chi connectivity index (χ4n) is 1.38. The van der Waals surface area contributed by atoms with Gasteiger partial charge in [0.25, 0.3) is 5.76 Å². The van der Waals surface area contributed by atoms with E-state index in [1.54, 1.807) is 24.3 Å². The van der Waals surface area contributed by atoms with Crippen LogP contribution in [0.4, 0.5) is 8.78 Å². The van der Waals surface area contributed by atoms with E-state index in [2.05, 4.69) is 20.9 Å². The molecular formula is C12H8BrF2NS. The Morgan fingerprint density at radius 2 is 1.76 bits per heavy atom. The van der Waals surface area contributed by atoms with Gasteiger partial charge in [-0.15, -0.1) is 0 Å². The molecule has 0 aliphatic rings. The van der Waals surface area contributed by atoms with Crippen molar-refractivity contribution in [3.05, 3.63) is 47.1 Å². The van der Waals surface area contributed by atoms with Gasteiger partial charge in [0.15, 0.2) is 0 Å². The van der Waals surface area contributed by atoms with Crippen molar-refractivity contribution in [1.29, 1.82) is 0 Å². The van der Waals surface area contributed by atoms with Crippen LogP contribution in [0.25, 0.3) is 11.3 Å². The van der Waals surface area contributed by atoms with Gasteiger partial charge in [-0.2, -0.15) is 8.78 Å². The van der Waals surface area contributed by atoms with Gasteiger partial charge < -0.3 is 0 Å². The normalized spacial score (nSPS) is 10.8. The van der Waals surface area contributed by atoms with Crippen LogP contribution in [-0.4, -0.2) is 10.7 Å². The molecule has 0 aliphatic heterocycles. The van der Waals surface area contributed by atoms with Gasteiger partial charge in [0.1, 0.15) is 4.60 Å². The standard InChI is InChI=1S/C12H8BrF2NS/c13-11-3-1-2-10(16-11)8-4-6-9(7-5-8)17-12(14)15/h1-7,12H. The van der Waals surface area contributed by atoms with Crippen LogP contribution in [0, 0.1) is 0 Å². The van der Waals surface area contributed by atoms with E-state index in [0.717, 1.165) is 15.9 Å². The van der Waals surface area contributed by atoms with Crippen molar-refractivity contribution < 1.29 is 8.78 Å². The number of rotatable bonds is 3. The highest BCUT2D eigenvalue weighted by molar-refractivity contribution is 9.10. The Hall–Kier alpha value is -0.940. The largest absolute Gasteiger partial charge is 0.288 e. The molecule has 0 unspecified atom stereocenters. The van der Waals surface area contributed by atoms with Crippen molar-refractivity contribution in [3.63, 3.8) is 0 Å².